The van der Waals surface area contributed by atoms with E-state index in [-0.39, 0.29) is 25.2 Å². The first kappa shape index (κ1) is 48.1. The van der Waals surface area contributed by atoms with Gasteiger partial charge in [0.2, 0.25) is 0 Å². The number of allylic oxidation sites excluding steroid dienone is 6. The number of carbonyl (C=O) groups excluding carboxylic acids is 2. The zero-order valence-electron chi connectivity index (χ0n) is 33.2. The Bertz CT molecular complexity index is 801. The average Bonchev–Trinajstić information content (AvgIpc) is 3.12. The summed E-state index contributed by atoms with van der Waals surface area (Å²) in [6, 6.07) is 0. The van der Waals surface area contributed by atoms with Gasteiger partial charge in [0.1, 0.15) is 6.61 Å². The van der Waals surface area contributed by atoms with Crippen molar-refractivity contribution in [3.05, 3.63) is 36.5 Å². The molecule has 0 saturated heterocycles. The summed E-state index contributed by atoms with van der Waals surface area (Å²) in [6.45, 7) is 4.09. The van der Waals surface area contributed by atoms with Crippen molar-refractivity contribution in [3.63, 3.8) is 0 Å². The molecule has 1 N–H and O–H groups in total. The van der Waals surface area contributed by atoms with E-state index in [0.717, 1.165) is 51.4 Å². The van der Waals surface area contributed by atoms with E-state index in [4.69, 9.17) is 9.47 Å². The van der Waals surface area contributed by atoms with Gasteiger partial charge in [0, 0.05) is 12.8 Å². The summed E-state index contributed by atoms with van der Waals surface area (Å²) in [5.41, 5.74) is 0. The molecule has 0 spiro atoms. The van der Waals surface area contributed by atoms with Gasteiger partial charge in [-0.2, -0.15) is 0 Å². The number of aliphatic hydroxyl groups is 1. The fraction of sp³-hybridized carbons (Fsp3) is 0.822. The second-order valence-electron chi connectivity index (χ2n) is 14.4. The van der Waals surface area contributed by atoms with E-state index in [2.05, 4.69) is 50.3 Å². The predicted molar refractivity (Wildman–Crippen MR) is 214 cm³/mol. The molecule has 5 nitrogen and oxygen atoms in total. The minimum Gasteiger partial charge on any atom is -0.462 e. The van der Waals surface area contributed by atoms with Crippen molar-refractivity contribution in [3.8, 4) is 0 Å². The van der Waals surface area contributed by atoms with Crippen LogP contribution in [0, 0.1) is 0 Å². The maximum atomic E-state index is 12.2. The highest BCUT2D eigenvalue weighted by molar-refractivity contribution is 5.70. The van der Waals surface area contributed by atoms with Crippen molar-refractivity contribution in [2.24, 2.45) is 0 Å². The largest absolute Gasteiger partial charge is 0.462 e. The van der Waals surface area contributed by atoms with E-state index in [0.29, 0.717) is 12.8 Å². The van der Waals surface area contributed by atoms with Crippen LogP contribution >= 0.6 is 0 Å². The molecule has 50 heavy (non-hydrogen) atoms. The van der Waals surface area contributed by atoms with Crippen LogP contribution in [-0.2, 0) is 19.1 Å². The smallest absolute Gasteiger partial charge is 0.306 e. The predicted octanol–water partition coefficient (Wildman–Crippen LogP) is 13.6. The molecular weight excluding hydrogens is 620 g/mol. The van der Waals surface area contributed by atoms with Crippen LogP contribution in [0.25, 0.3) is 0 Å². The average molecular weight is 703 g/mol. The third kappa shape index (κ3) is 38.9. The van der Waals surface area contributed by atoms with Gasteiger partial charge < -0.3 is 14.6 Å². The minimum absolute atomic E-state index is 0.0828. The maximum absolute atomic E-state index is 12.2. The lowest BCUT2D eigenvalue weighted by Gasteiger charge is -2.15. The Kier molecular flexibility index (Phi) is 40.0. The zero-order chi connectivity index (χ0) is 36.4. The molecule has 0 aliphatic carbocycles. The Morgan fingerprint density at radius 3 is 1.24 bits per heavy atom. The summed E-state index contributed by atoms with van der Waals surface area (Å²) in [5, 5.41) is 9.57. The van der Waals surface area contributed by atoms with E-state index in [1.807, 2.05) is 0 Å². The molecule has 0 radical (unpaired) electrons. The zero-order valence-corrected chi connectivity index (χ0v) is 33.2. The van der Waals surface area contributed by atoms with Crippen molar-refractivity contribution < 1.29 is 24.2 Å². The third-order valence-corrected chi connectivity index (χ3v) is 9.44. The van der Waals surface area contributed by atoms with Gasteiger partial charge in [0.05, 0.1) is 6.61 Å². The normalized spacial score (nSPS) is 12.5. The molecule has 0 aromatic heterocycles. The second-order valence-corrected chi connectivity index (χ2v) is 14.4. The molecule has 1 atom stereocenters. The number of hydrogen-bond acceptors (Lipinski definition) is 5. The summed E-state index contributed by atoms with van der Waals surface area (Å²) in [5.74, 6) is -0.628. The molecule has 0 rings (SSSR count). The van der Waals surface area contributed by atoms with Crippen molar-refractivity contribution in [2.75, 3.05) is 13.2 Å². The fourth-order valence-corrected chi connectivity index (χ4v) is 6.15. The number of unbranched alkanes of at least 4 members (excludes halogenated alkanes) is 25. The molecule has 0 aromatic carbocycles. The van der Waals surface area contributed by atoms with E-state index in [9.17, 15) is 14.7 Å². The van der Waals surface area contributed by atoms with Gasteiger partial charge in [-0.1, -0.05) is 192 Å². The lowest BCUT2D eigenvalue weighted by molar-refractivity contribution is -0.161. The van der Waals surface area contributed by atoms with Gasteiger partial charge in [-0.25, -0.2) is 0 Å². The van der Waals surface area contributed by atoms with Gasteiger partial charge >= 0.3 is 11.9 Å². The highest BCUT2D eigenvalue weighted by atomic mass is 16.6. The molecule has 0 aliphatic rings. The Balaban J connectivity index is 3.54. The van der Waals surface area contributed by atoms with Crippen molar-refractivity contribution in [2.45, 2.75) is 225 Å². The summed E-state index contributed by atoms with van der Waals surface area (Å²) in [7, 11) is 0. The van der Waals surface area contributed by atoms with Crippen LogP contribution in [0.1, 0.15) is 219 Å². The molecule has 0 fully saturated rings. The lowest BCUT2D eigenvalue weighted by Crippen LogP contribution is -2.28. The topological polar surface area (TPSA) is 72.8 Å². The highest BCUT2D eigenvalue weighted by Gasteiger charge is 2.16. The number of rotatable bonds is 39. The standard InChI is InChI=1S/C45H82O5/c1-3-5-7-9-11-13-15-17-19-20-21-22-23-24-26-28-30-32-34-36-38-40-45(48)50-43(41-46)42-49-44(47)39-37-35-33-31-29-27-25-18-16-14-12-10-8-6-4-2/h12,14,18,25,29,31,43,46H,3-11,13,15-17,19-24,26-28,30,32-42H2,1-2H3/b14-12-,25-18-,31-29-/t43-/m0/s1. The van der Waals surface area contributed by atoms with Gasteiger partial charge in [-0.3, -0.25) is 9.59 Å². The summed E-state index contributed by atoms with van der Waals surface area (Å²) in [4.78, 5) is 24.3. The van der Waals surface area contributed by atoms with Crippen LogP contribution in [0.15, 0.2) is 36.5 Å². The molecule has 5 heteroatoms. The molecule has 0 amide bonds. The minimum atomic E-state index is -0.783. The number of hydrogen-bond donors (Lipinski definition) is 1. The first-order valence-electron chi connectivity index (χ1n) is 21.5. The Hall–Kier alpha value is -1.88. The van der Waals surface area contributed by atoms with Gasteiger partial charge in [-0.15, -0.1) is 0 Å². The number of esters is 2. The Morgan fingerprint density at radius 1 is 0.460 bits per heavy atom. The first-order chi connectivity index (χ1) is 24.6. The summed E-state index contributed by atoms with van der Waals surface area (Å²) < 4.78 is 10.6. The fourth-order valence-electron chi connectivity index (χ4n) is 6.15. The highest BCUT2D eigenvalue weighted by Crippen LogP contribution is 2.15. The van der Waals surface area contributed by atoms with Gasteiger partial charge in [-0.05, 0) is 51.4 Å². The molecule has 0 saturated carbocycles. The molecule has 0 heterocycles. The SMILES string of the molecule is CCCCC/C=C\C/C=C\C/C=C\CCCCC(=O)OC[C@H](CO)OC(=O)CCCCCCCCCCCCCCCCCCCCCCC. The van der Waals surface area contributed by atoms with Crippen molar-refractivity contribution >= 4 is 11.9 Å². The van der Waals surface area contributed by atoms with Crippen LogP contribution in [0.5, 0.6) is 0 Å². The molecule has 0 bridgehead atoms. The van der Waals surface area contributed by atoms with E-state index in [1.165, 1.54) is 141 Å². The van der Waals surface area contributed by atoms with E-state index in [1.54, 1.807) is 0 Å². The second kappa shape index (κ2) is 41.5. The number of carbonyl (C=O) groups is 2. The summed E-state index contributed by atoms with van der Waals surface area (Å²) >= 11 is 0. The van der Waals surface area contributed by atoms with Crippen LogP contribution in [-0.4, -0.2) is 36.4 Å². The number of ether oxygens (including phenoxy) is 2. The quantitative estimate of drug-likeness (QED) is 0.0392. The molecular formula is C45H82O5. The number of aliphatic hydroxyl groups excluding tert-OH is 1. The van der Waals surface area contributed by atoms with Gasteiger partial charge in [0.15, 0.2) is 6.10 Å². The van der Waals surface area contributed by atoms with Crippen LogP contribution in [0.4, 0.5) is 0 Å². The van der Waals surface area contributed by atoms with Crippen molar-refractivity contribution in [1.29, 1.82) is 0 Å². The Morgan fingerprint density at radius 2 is 0.800 bits per heavy atom. The van der Waals surface area contributed by atoms with Crippen LogP contribution in [0.3, 0.4) is 0 Å². The molecule has 0 aliphatic heterocycles. The van der Waals surface area contributed by atoms with E-state index < -0.39 is 6.10 Å². The maximum Gasteiger partial charge on any atom is 0.306 e. The molecule has 292 valence electrons. The third-order valence-electron chi connectivity index (χ3n) is 9.44. The monoisotopic (exact) mass is 703 g/mol. The lowest BCUT2D eigenvalue weighted by atomic mass is 10.0. The van der Waals surface area contributed by atoms with Gasteiger partial charge in [0.25, 0.3) is 0 Å². The molecule has 0 unspecified atom stereocenters. The molecule has 0 aromatic rings. The summed E-state index contributed by atoms with van der Waals surface area (Å²) in [6.07, 6.45) is 50.8. The first-order valence-corrected chi connectivity index (χ1v) is 21.5. The Labute approximate surface area is 310 Å². The van der Waals surface area contributed by atoms with Crippen molar-refractivity contribution in [1.82, 2.24) is 0 Å². The van der Waals surface area contributed by atoms with Crippen LogP contribution < -0.4 is 0 Å². The van der Waals surface area contributed by atoms with Crippen LogP contribution in [0.2, 0.25) is 0 Å². The van der Waals surface area contributed by atoms with E-state index >= 15 is 0 Å².